The highest BCUT2D eigenvalue weighted by atomic mass is 79.9. The Balaban J connectivity index is 3.09. The number of hydrogen-bond acceptors (Lipinski definition) is 4. The molecule has 1 aromatic rings. The van der Waals surface area contributed by atoms with Crippen LogP contribution in [0.1, 0.15) is 13.3 Å². The van der Waals surface area contributed by atoms with Gasteiger partial charge in [-0.15, -0.1) is 0 Å². The molecule has 1 amide bonds. The Morgan fingerprint density at radius 3 is 2.63 bits per heavy atom. The quantitative estimate of drug-likeness (QED) is 0.803. The monoisotopic (exact) mass is 330 g/mol. The third-order valence-electron chi connectivity index (χ3n) is 2.72. The van der Waals surface area contributed by atoms with Crippen LogP contribution in [0.5, 0.6) is 0 Å². The Labute approximate surface area is 121 Å². The van der Waals surface area contributed by atoms with Crippen LogP contribution in [0, 0.1) is 0 Å². The summed E-state index contributed by atoms with van der Waals surface area (Å²) in [6.07, 6.45) is 2.48. The lowest BCUT2D eigenvalue weighted by Crippen LogP contribution is -2.38. The lowest BCUT2D eigenvalue weighted by molar-refractivity contribution is -0.127. The lowest BCUT2D eigenvalue weighted by Gasteiger charge is -2.25. The van der Waals surface area contributed by atoms with Gasteiger partial charge in [-0.2, -0.15) is 5.10 Å². The summed E-state index contributed by atoms with van der Waals surface area (Å²) >= 11 is 3.29. The van der Waals surface area contributed by atoms with E-state index in [1.54, 1.807) is 27.3 Å². The first-order valence-corrected chi connectivity index (χ1v) is 6.84. The highest BCUT2D eigenvalue weighted by Gasteiger charge is 2.17. The molecule has 19 heavy (non-hydrogen) atoms. The molecule has 0 radical (unpaired) electrons. The van der Waals surface area contributed by atoms with E-state index in [4.69, 9.17) is 0 Å². The molecule has 0 saturated carbocycles. The summed E-state index contributed by atoms with van der Waals surface area (Å²) in [5.74, 6) is -0.0129. The van der Waals surface area contributed by atoms with Crippen molar-refractivity contribution in [1.82, 2.24) is 14.7 Å². The fourth-order valence-electron chi connectivity index (χ4n) is 1.58. The van der Waals surface area contributed by atoms with Gasteiger partial charge in [0.15, 0.2) is 0 Å². The van der Waals surface area contributed by atoms with Crippen LogP contribution in [-0.4, -0.2) is 47.8 Å². The summed E-state index contributed by atoms with van der Waals surface area (Å²) in [6.45, 7) is 2.94. The molecule has 0 bridgehead atoms. The smallest absolute Gasteiger partial charge is 0.282 e. The van der Waals surface area contributed by atoms with Crippen molar-refractivity contribution in [2.24, 2.45) is 7.05 Å². The molecule has 0 unspecified atom stereocenters. The summed E-state index contributed by atoms with van der Waals surface area (Å²) in [5.41, 5.74) is 0.441. The van der Waals surface area contributed by atoms with Crippen LogP contribution >= 0.6 is 15.9 Å². The first-order chi connectivity index (χ1) is 8.88. The number of carbonyl (C=O) groups is 1. The third kappa shape index (κ3) is 3.79. The van der Waals surface area contributed by atoms with Crippen molar-refractivity contribution >= 4 is 27.5 Å². The van der Waals surface area contributed by atoms with Gasteiger partial charge in [-0.1, -0.05) is 6.92 Å². The van der Waals surface area contributed by atoms with Crippen LogP contribution in [0.25, 0.3) is 0 Å². The fourth-order valence-corrected chi connectivity index (χ4v) is 2.19. The van der Waals surface area contributed by atoms with Crippen molar-refractivity contribution in [3.63, 3.8) is 0 Å². The molecule has 0 aliphatic heterocycles. The Kier molecular flexibility index (Phi) is 5.53. The average Bonchev–Trinajstić information content (AvgIpc) is 2.35. The molecule has 0 N–H and O–H groups in total. The van der Waals surface area contributed by atoms with Gasteiger partial charge in [0.25, 0.3) is 5.56 Å². The second-order valence-electron chi connectivity index (χ2n) is 4.48. The Hall–Kier alpha value is -1.37. The molecular formula is C12H19BrN4O2. The number of rotatable bonds is 5. The predicted molar refractivity (Wildman–Crippen MR) is 78.4 cm³/mol. The first kappa shape index (κ1) is 15.7. The maximum absolute atomic E-state index is 11.8. The first-order valence-electron chi connectivity index (χ1n) is 6.05. The van der Waals surface area contributed by atoms with Gasteiger partial charge in [-0.3, -0.25) is 9.59 Å². The van der Waals surface area contributed by atoms with Gasteiger partial charge >= 0.3 is 0 Å². The lowest BCUT2D eigenvalue weighted by atomic mass is 10.3. The van der Waals surface area contributed by atoms with E-state index in [0.717, 1.165) is 6.42 Å². The molecule has 6 nitrogen and oxygen atoms in total. The van der Waals surface area contributed by atoms with E-state index in [0.29, 0.717) is 16.7 Å². The summed E-state index contributed by atoms with van der Waals surface area (Å²) in [5, 5.41) is 4.00. The molecule has 1 heterocycles. The van der Waals surface area contributed by atoms with Gasteiger partial charge in [0.05, 0.1) is 18.4 Å². The minimum absolute atomic E-state index is 0.0129. The van der Waals surface area contributed by atoms with Gasteiger partial charge in [-0.05, 0) is 22.4 Å². The number of halogens is 1. The molecule has 0 atom stereocenters. The van der Waals surface area contributed by atoms with E-state index in [9.17, 15) is 9.59 Å². The van der Waals surface area contributed by atoms with Crippen molar-refractivity contribution < 1.29 is 4.79 Å². The maximum atomic E-state index is 11.8. The van der Waals surface area contributed by atoms with E-state index in [1.165, 1.54) is 9.58 Å². The molecule has 0 aromatic carbocycles. The van der Waals surface area contributed by atoms with Crippen molar-refractivity contribution in [3.8, 4) is 0 Å². The molecule has 1 aromatic heterocycles. The SMILES string of the molecule is CCCN(CC(=O)N(C)C)c1cnn(C)c(=O)c1Br. The van der Waals surface area contributed by atoms with Crippen LogP contribution in [0.2, 0.25) is 0 Å². The topological polar surface area (TPSA) is 58.4 Å². The third-order valence-corrected chi connectivity index (χ3v) is 3.46. The van der Waals surface area contributed by atoms with Crippen LogP contribution < -0.4 is 10.5 Å². The van der Waals surface area contributed by atoms with Crippen molar-refractivity contribution in [2.45, 2.75) is 13.3 Å². The molecule has 106 valence electrons. The van der Waals surface area contributed by atoms with Crippen molar-refractivity contribution in [2.75, 3.05) is 32.1 Å². The van der Waals surface area contributed by atoms with E-state index in [-0.39, 0.29) is 18.0 Å². The summed E-state index contributed by atoms with van der Waals surface area (Å²) in [7, 11) is 5.01. The zero-order chi connectivity index (χ0) is 14.6. The number of amides is 1. The highest BCUT2D eigenvalue weighted by Crippen LogP contribution is 2.21. The van der Waals surface area contributed by atoms with Gasteiger partial charge in [0, 0.05) is 27.7 Å². The molecule has 0 saturated heterocycles. The van der Waals surface area contributed by atoms with E-state index in [2.05, 4.69) is 21.0 Å². The largest absolute Gasteiger partial charge is 0.360 e. The zero-order valence-electron chi connectivity index (χ0n) is 11.7. The fraction of sp³-hybridized carbons (Fsp3) is 0.583. The number of likely N-dealkylation sites (N-methyl/N-ethyl adjacent to an activating group) is 1. The molecule has 0 spiro atoms. The van der Waals surface area contributed by atoms with Crippen LogP contribution in [0.15, 0.2) is 15.5 Å². The van der Waals surface area contributed by atoms with E-state index in [1.807, 2.05) is 11.8 Å². The standard InChI is InChI=1S/C12H19BrN4O2/c1-5-6-17(8-10(18)15(2)3)9-7-14-16(4)12(19)11(9)13/h7H,5-6,8H2,1-4H3. The zero-order valence-corrected chi connectivity index (χ0v) is 13.3. The average molecular weight is 331 g/mol. The predicted octanol–water partition coefficient (Wildman–Crippen LogP) is 0.847. The number of aryl methyl sites for hydroxylation is 1. The van der Waals surface area contributed by atoms with Gasteiger partial charge in [-0.25, -0.2) is 4.68 Å². The number of aromatic nitrogens is 2. The highest BCUT2D eigenvalue weighted by molar-refractivity contribution is 9.10. The molecule has 0 aliphatic rings. The van der Waals surface area contributed by atoms with E-state index < -0.39 is 0 Å². The number of carbonyl (C=O) groups excluding carboxylic acids is 1. The minimum Gasteiger partial charge on any atom is -0.360 e. The maximum Gasteiger partial charge on any atom is 0.282 e. The number of nitrogens with zero attached hydrogens (tertiary/aromatic N) is 4. The molecule has 1 rings (SSSR count). The van der Waals surface area contributed by atoms with Gasteiger partial charge < -0.3 is 9.80 Å². The molecule has 0 fully saturated rings. The minimum atomic E-state index is -0.212. The second-order valence-corrected chi connectivity index (χ2v) is 5.28. The Morgan fingerprint density at radius 2 is 2.11 bits per heavy atom. The number of hydrogen-bond donors (Lipinski definition) is 0. The summed E-state index contributed by atoms with van der Waals surface area (Å²) < 4.78 is 1.69. The van der Waals surface area contributed by atoms with Gasteiger partial charge in [0.1, 0.15) is 4.47 Å². The Bertz CT molecular complexity index is 513. The molecule has 7 heteroatoms. The Morgan fingerprint density at radius 1 is 1.47 bits per heavy atom. The summed E-state index contributed by atoms with van der Waals surface area (Å²) in [4.78, 5) is 27.1. The van der Waals surface area contributed by atoms with Crippen LogP contribution in [-0.2, 0) is 11.8 Å². The van der Waals surface area contributed by atoms with E-state index >= 15 is 0 Å². The normalized spacial score (nSPS) is 10.4. The summed E-state index contributed by atoms with van der Waals surface area (Å²) in [6, 6.07) is 0. The van der Waals surface area contributed by atoms with Crippen LogP contribution in [0.4, 0.5) is 5.69 Å². The van der Waals surface area contributed by atoms with Crippen molar-refractivity contribution in [1.29, 1.82) is 0 Å². The number of anilines is 1. The second kappa shape index (κ2) is 6.70. The van der Waals surface area contributed by atoms with Crippen LogP contribution in [0.3, 0.4) is 0 Å². The molecular weight excluding hydrogens is 312 g/mol. The van der Waals surface area contributed by atoms with Crippen molar-refractivity contribution in [3.05, 3.63) is 21.0 Å². The van der Waals surface area contributed by atoms with Gasteiger partial charge in [0.2, 0.25) is 5.91 Å². The molecule has 0 aliphatic carbocycles.